The van der Waals surface area contributed by atoms with Gasteiger partial charge < -0.3 is 34.2 Å². The summed E-state index contributed by atoms with van der Waals surface area (Å²) in [5.74, 6) is 0.272. The van der Waals surface area contributed by atoms with Gasteiger partial charge in [-0.1, -0.05) is 5.16 Å². The quantitative estimate of drug-likeness (QED) is 0.670. The molecule has 2 aromatic carbocycles. The smallest absolute Gasteiger partial charge is 0.308 e. The largest absolute Gasteiger partial charge is 0.497 e. The number of carbonyl (C=O) groups excluding carboxylic acids is 1. The molecule has 1 atom stereocenters. The van der Waals surface area contributed by atoms with Gasteiger partial charge in [0.2, 0.25) is 5.60 Å². The molecular formula is C22H22N2O8. The first-order valence-corrected chi connectivity index (χ1v) is 9.84. The monoisotopic (exact) mass is 442 g/mol. The van der Waals surface area contributed by atoms with Crippen molar-refractivity contribution in [1.29, 1.82) is 0 Å². The maximum Gasteiger partial charge on any atom is 0.308 e. The fourth-order valence-corrected chi connectivity index (χ4v) is 3.57. The Labute approximate surface area is 183 Å². The van der Waals surface area contributed by atoms with E-state index in [2.05, 4.69) is 10.5 Å². The highest BCUT2D eigenvalue weighted by Crippen LogP contribution is 2.37. The average molecular weight is 442 g/mol. The van der Waals surface area contributed by atoms with E-state index in [0.717, 1.165) is 0 Å². The second-order valence-corrected chi connectivity index (χ2v) is 7.25. The van der Waals surface area contributed by atoms with Crippen LogP contribution >= 0.6 is 0 Å². The number of benzene rings is 2. The van der Waals surface area contributed by atoms with E-state index in [1.54, 1.807) is 36.4 Å². The minimum absolute atomic E-state index is 0.0702. The molecule has 0 saturated carbocycles. The Morgan fingerprint density at radius 3 is 2.59 bits per heavy atom. The highest BCUT2D eigenvalue weighted by Gasteiger charge is 2.49. The molecule has 2 aliphatic heterocycles. The van der Waals surface area contributed by atoms with E-state index >= 15 is 0 Å². The van der Waals surface area contributed by atoms with Crippen molar-refractivity contribution in [1.82, 2.24) is 0 Å². The molecule has 4 rings (SSSR count). The molecule has 0 bridgehead atoms. The first kappa shape index (κ1) is 21.3. The molecule has 0 fully saturated rings. The summed E-state index contributed by atoms with van der Waals surface area (Å²) in [5.41, 5.74) is -0.395. The van der Waals surface area contributed by atoms with Crippen molar-refractivity contribution in [3.63, 3.8) is 0 Å². The number of carboxylic acid groups (broad SMARTS) is 1. The predicted molar refractivity (Wildman–Crippen MR) is 113 cm³/mol. The molecule has 0 aromatic heterocycles. The molecule has 2 N–H and O–H groups in total. The van der Waals surface area contributed by atoms with Crippen LogP contribution in [0.2, 0.25) is 0 Å². The normalized spacial score (nSPS) is 18.9. The highest BCUT2D eigenvalue weighted by molar-refractivity contribution is 6.10. The maximum atomic E-state index is 13.2. The van der Waals surface area contributed by atoms with Crippen LogP contribution in [0, 0.1) is 0 Å². The van der Waals surface area contributed by atoms with E-state index in [1.165, 1.54) is 14.2 Å². The van der Waals surface area contributed by atoms with Crippen molar-refractivity contribution in [2.24, 2.45) is 5.16 Å². The first-order chi connectivity index (χ1) is 15.4. The molecule has 2 aromatic rings. The predicted octanol–water partition coefficient (Wildman–Crippen LogP) is 2.45. The van der Waals surface area contributed by atoms with E-state index in [9.17, 15) is 14.7 Å². The summed E-state index contributed by atoms with van der Waals surface area (Å²) in [7, 11) is 3.02. The number of carboxylic acids is 1. The standard InChI is InChI=1S/C22H22N2O8/c1-28-14-4-6-17(29-2)15(10-14)16-11-22(32-24-16,12-20(25)26)21(27)23-13-3-5-18-19(9-13)31-8-7-30-18/h3-6,9-10H,7-8,11-12H2,1-2H3,(H,23,27)(H,25,26). The minimum atomic E-state index is -1.73. The number of hydrogen-bond donors (Lipinski definition) is 2. The topological polar surface area (TPSA) is 125 Å². The Bertz CT molecular complexity index is 1080. The van der Waals surface area contributed by atoms with Gasteiger partial charge in [-0.15, -0.1) is 0 Å². The SMILES string of the molecule is COc1ccc(OC)c(C2=NOC(CC(=O)O)(C(=O)Nc3ccc4c(c3)OCCO4)C2)c1. The van der Waals surface area contributed by atoms with E-state index in [-0.39, 0.29) is 6.42 Å². The Hall–Kier alpha value is -3.95. The van der Waals surface area contributed by atoms with E-state index in [0.29, 0.717) is 53.2 Å². The number of anilines is 1. The van der Waals surface area contributed by atoms with Gasteiger partial charge in [0.25, 0.3) is 5.91 Å². The molecular weight excluding hydrogens is 420 g/mol. The number of fused-ring (bicyclic) bond motifs is 1. The van der Waals surface area contributed by atoms with Crippen LogP contribution in [0.5, 0.6) is 23.0 Å². The number of oxime groups is 1. The summed E-state index contributed by atoms with van der Waals surface area (Å²) < 4.78 is 21.6. The molecule has 10 heteroatoms. The Balaban J connectivity index is 1.59. The lowest BCUT2D eigenvalue weighted by Gasteiger charge is -2.24. The fourth-order valence-electron chi connectivity index (χ4n) is 3.57. The molecule has 10 nitrogen and oxygen atoms in total. The zero-order chi connectivity index (χ0) is 22.7. The Kier molecular flexibility index (Phi) is 5.76. The van der Waals surface area contributed by atoms with Gasteiger partial charge in [0.1, 0.15) is 24.7 Å². The van der Waals surface area contributed by atoms with Crippen molar-refractivity contribution < 1.29 is 38.5 Å². The van der Waals surface area contributed by atoms with Crippen LogP contribution in [0.1, 0.15) is 18.4 Å². The van der Waals surface area contributed by atoms with Gasteiger partial charge in [-0.2, -0.15) is 0 Å². The van der Waals surface area contributed by atoms with Crippen LogP contribution < -0.4 is 24.3 Å². The van der Waals surface area contributed by atoms with E-state index in [4.69, 9.17) is 23.8 Å². The lowest BCUT2D eigenvalue weighted by Crippen LogP contribution is -2.45. The fraction of sp³-hybridized carbons (Fsp3) is 0.318. The lowest BCUT2D eigenvalue weighted by molar-refractivity contribution is -0.152. The number of ether oxygens (including phenoxy) is 4. The van der Waals surface area contributed by atoms with Gasteiger partial charge in [-0.05, 0) is 30.3 Å². The third kappa shape index (κ3) is 4.11. The van der Waals surface area contributed by atoms with Gasteiger partial charge in [-0.3, -0.25) is 9.59 Å². The summed E-state index contributed by atoms with van der Waals surface area (Å²) in [4.78, 5) is 30.3. The second-order valence-electron chi connectivity index (χ2n) is 7.25. The van der Waals surface area contributed by atoms with Gasteiger partial charge in [0, 0.05) is 23.7 Å². The summed E-state index contributed by atoms with van der Waals surface area (Å²) >= 11 is 0. The van der Waals surface area contributed by atoms with E-state index < -0.39 is 23.9 Å². The van der Waals surface area contributed by atoms with Crippen LogP contribution in [-0.4, -0.2) is 55.7 Å². The molecule has 0 saturated heterocycles. The third-order valence-electron chi connectivity index (χ3n) is 5.15. The number of nitrogens with one attached hydrogen (secondary N) is 1. The maximum absolute atomic E-state index is 13.2. The average Bonchev–Trinajstić information content (AvgIpc) is 3.23. The molecule has 2 heterocycles. The van der Waals surface area contributed by atoms with Crippen LogP contribution in [0.25, 0.3) is 0 Å². The molecule has 32 heavy (non-hydrogen) atoms. The zero-order valence-electron chi connectivity index (χ0n) is 17.5. The van der Waals surface area contributed by atoms with Crippen molar-refractivity contribution in [3.05, 3.63) is 42.0 Å². The van der Waals surface area contributed by atoms with Crippen LogP contribution in [-0.2, 0) is 14.4 Å². The zero-order valence-corrected chi connectivity index (χ0v) is 17.5. The summed E-state index contributed by atoms with van der Waals surface area (Å²) in [5, 5.41) is 16.2. The van der Waals surface area contributed by atoms with Crippen LogP contribution in [0.4, 0.5) is 5.69 Å². The first-order valence-electron chi connectivity index (χ1n) is 9.84. The number of carbonyl (C=O) groups is 2. The minimum Gasteiger partial charge on any atom is -0.497 e. The number of rotatable bonds is 7. The number of nitrogens with zero attached hydrogens (tertiary/aromatic N) is 1. The second kappa shape index (κ2) is 8.66. The molecule has 0 radical (unpaired) electrons. The summed E-state index contributed by atoms with van der Waals surface area (Å²) in [6.45, 7) is 0.845. The number of methoxy groups -OCH3 is 2. The molecule has 0 aliphatic carbocycles. The molecule has 0 spiro atoms. The lowest BCUT2D eigenvalue weighted by atomic mass is 9.89. The van der Waals surface area contributed by atoms with Crippen molar-refractivity contribution >= 4 is 23.3 Å². The highest BCUT2D eigenvalue weighted by atomic mass is 16.7. The van der Waals surface area contributed by atoms with Gasteiger partial charge in [-0.25, -0.2) is 0 Å². The summed E-state index contributed by atoms with van der Waals surface area (Å²) in [6, 6.07) is 10.0. The Morgan fingerprint density at radius 2 is 1.88 bits per heavy atom. The van der Waals surface area contributed by atoms with Gasteiger partial charge >= 0.3 is 5.97 Å². The van der Waals surface area contributed by atoms with Crippen LogP contribution in [0.3, 0.4) is 0 Å². The van der Waals surface area contributed by atoms with Crippen molar-refractivity contribution in [2.45, 2.75) is 18.4 Å². The summed E-state index contributed by atoms with van der Waals surface area (Å²) in [6.07, 6.45) is -0.651. The van der Waals surface area contributed by atoms with Gasteiger partial charge in [0.15, 0.2) is 11.5 Å². The van der Waals surface area contributed by atoms with Crippen LogP contribution in [0.15, 0.2) is 41.6 Å². The number of amides is 1. The molecule has 168 valence electrons. The molecule has 2 aliphatic rings. The number of aliphatic carboxylic acids is 1. The van der Waals surface area contributed by atoms with Crippen molar-refractivity contribution in [3.8, 4) is 23.0 Å². The van der Waals surface area contributed by atoms with Crippen molar-refractivity contribution in [2.75, 3.05) is 32.8 Å². The number of hydrogen-bond acceptors (Lipinski definition) is 8. The molecule has 1 unspecified atom stereocenters. The van der Waals surface area contributed by atoms with E-state index in [1.807, 2.05) is 0 Å². The van der Waals surface area contributed by atoms with Gasteiger partial charge in [0.05, 0.1) is 26.4 Å². The Morgan fingerprint density at radius 1 is 1.09 bits per heavy atom. The molecule has 1 amide bonds. The third-order valence-corrected chi connectivity index (χ3v) is 5.15.